The summed E-state index contributed by atoms with van der Waals surface area (Å²) in [4.78, 5) is 24.2. The van der Waals surface area contributed by atoms with E-state index in [0.29, 0.717) is 22.6 Å². The molecule has 2 N–H and O–H groups in total. The molecule has 0 fully saturated rings. The standard InChI is InChI=1S/C17H16N2O4/c1-10-5-11(2)7-13(6-10)17(21)19-18-16(20)12-3-4-14-15(8-12)23-9-22-14/h3-8H,9H2,1-2H3,(H,18,20)(H,19,21). The Kier molecular flexibility index (Phi) is 3.89. The third kappa shape index (κ3) is 3.26. The second-order valence-electron chi connectivity index (χ2n) is 5.35. The van der Waals surface area contributed by atoms with Gasteiger partial charge in [0.1, 0.15) is 0 Å². The Morgan fingerprint density at radius 1 is 0.826 bits per heavy atom. The average molecular weight is 312 g/mol. The van der Waals surface area contributed by atoms with Crippen LogP contribution in [0.2, 0.25) is 0 Å². The minimum absolute atomic E-state index is 0.143. The molecule has 118 valence electrons. The minimum Gasteiger partial charge on any atom is -0.454 e. The molecule has 6 heteroatoms. The van der Waals surface area contributed by atoms with E-state index in [-0.39, 0.29) is 12.7 Å². The number of carbonyl (C=O) groups excluding carboxylic acids is 2. The Balaban J connectivity index is 1.65. The van der Waals surface area contributed by atoms with Crippen LogP contribution in [-0.2, 0) is 0 Å². The summed E-state index contributed by atoms with van der Waals surface area (Å²) in [6, 6.07) is 10.3. The highest BCUT2D eigenvalue weighted by molar-refractivity contribution is 5.99. The minimum atomic E-state index is -0.430. The van der Waals surface area contributed by atoms with Crippen molar-refractivity contribution >= 4 is 11.8 Å². The Morgan fingerprint density at radius 2 is 1.43 bits per heavy atom. The number of fused-ring (bicyclic) bond motifs is 1. The van der Waals surface area contributed by atoms with Crippen molar-refractivity contribution in [3.05, 3.63) is 58.7 Å². The number of hydrogen-bond donors (Lipinski definition) is 2. The van der Waals surface area contributed by atoms with E-state index in [4.69, 9.17) is 9.47 Å². The second-order valence-corrected chi connectivity index (χ2v) is 5.35. The molecule has 0 radical (unpaired) electrons. The Labute approximate surface area is 133 Å². The lowest BCUT2D eigenvalue weighted by Gasteiger charge is -2.09. The Morgan fingerprint density at radius 3 is 2.13 bits per heavy atom. The molecule has 0 aromatic heterocycles. The van der Waals surface area contributed by atoms with Gasteiger partial charge in [-0.2, -0.15) is 0 Å². The second kappa shape index (κ2) is 6.00. The number of nitrogens with one attached hydrogen (secondary N) is 2. The number of hydrogen-bond acceptors (Lipinski definition) is 4. The van der Waals surface area contributed by atoms with Crippen molar-refractivity contribution < 1.29 is 19.1 Å². The van der Waals surface area contributed by atoms with Crippen LogP contribution in [0.25, 0.3) is 0 Å². The molecule has 2 aromatic rings. The van der Waals surface area contributed by atoms with E-state index >= 15 is 0 Å². The zero-order valence-electron chi connectivity index (χ0n) is 12.8. The molecule has 0 saturated heterocycles. The lowest BCUT2D eigenvalue weighted by atomic mass is 10.1. The van der Waals surface area contributed by atoms with Gasteiger partial charge in [0.15, 0.2) is 11.5 Å². The highest BCUT2D eigenvalue weighted by Crippen LogP contribution is 2.32. The van der Waals surface area contributed by atoms with Crippen molar-refractivity contribution in [2.24, 2.45) is 0 Å². The Bertz CT molecular complexity index is 766. The summed E-state index contributed by atoms with van der Waals surface area (Å²) in [6.45, 7) is 3.97. The van der Waals surface area contributed by atoms with Crippen LogP contribution in [0, 0.1) is 13.8 Å². The van der Waals surface area contributed by atoms with Crippen LogP contribution >= 0.6 is 0 Å². The molecular formula is C17H16N2O4. The normalized spacial score (nSPS) is 11.9. The summed E-state index contributed by atoms with van der Waals surface area (Å²) in [5.74, 6) is 0.311. The molecule has 1 aliphatic heterocycles. The summed E-state index contributed by atoms with van der Waals surface area (Å²) in [7, 11) is 0. The summed E-state index contributed by atoms with van der Waals surface area (Å²) in [6.07, 6.45) is 0. The van der Waals surface area contributed by atoms with E-state index < -0.39 is 5.91 Å². The van der Waals surface area contributed by atoms with Gasteiger partial charge in [0.25, 0.3) is 11.8 Å². The first kappa shape index (κ1) is 14.9. The molecule has 2 amide bonds. The Hall–Kier alpha value is -3.02. The smallest absolute Gasteiger partial charge is 0.269 e. The molecule has 0 saturated carbocycles. The van der Waals surface area contributed by atoms with Crippen LogP contribution in [0.1, 0.15) is 31.8 Å². The van der Waals surface area contributed by atoms with Crippen LogP contribution in [0.5, 0.6) is 11.5 Å². The third-order valence-corrected chi connectivity index (χ3v) is 3.41. The van der Waals surface area contributed by atoms with E-state index in [2.05, 4.69) is 10.9 Å². The summed E-state index contributed by atoms with van der Waals surface area (Å²) in [5, 5.41) is 0. The summed E-state index contributed by atoms with van der Waals surface area (Å²) in [5.41, 5.74) is 7.63. The molecular weight excluding hydrogens is 296 g/mol. The van der Waals surface area contributed by atoms with Gasteiger partial charge in [-0.25, -0.2) is 0 Å². The van der Waals surface area contributed by atoms with Crippen LogP contribution in [-0.4, -0.2) is 18.6 Å². The fourth-order valence-corrected chi connectivity index (χ4v) is 2.40. The third-order valence-electron chi connectivity index (χ3n) is 3.41. The predicted molar refractivity (Wildman–Crippen MR) is 83.4 cm³/mol. The van der Waals surface area contributed by atoms with Crippen LogP contribution in [0.4, 0.5) is 0 Å². The number of aryl methyl sites for hydroxylation is 2. The highest BCUT2D eigenvalue weighted by Gasteiger charge is 2.16. The van der Waals surface area contributed by atoms with Crippen molar-refractivity contribution in [1.29, 1.82) is 0 Å². The lowest BCUT2D eigenvalue weighted by Crippen LogP contribution is -2.41. The van der Waals surface area contributed by atoms with Crippen molar-refractivity contribution in [1.82, 2.24) is 10.9 Å². The zero-order valence-corrected chi connectivity index (χ0v) is 12.8. The molecule has 6 nitrogen and oxygen atoms in total. The van der Waals surface area contributed by atoms with Gasteiger partial charge in [-0.3, -0.25) is 20.4 Å². The number of ether oxygens (including phenoxy) is 2. The largest absolute Gasteiger partial charge is 0.454 e. The van der Waals surface area contributed by atoms with Gasteiger partial charge in [-0.15, -0.1) is 0 Å². The van der Waals surface area contributed by atoms with Gasteiger partial charge in [0.2, 0.25) is 6.79 Å². The lowest BCUT2D eigenvalue weighted by molar-refractivity contribution is 0.0846. The monoisotopic (exact) mass is 312 g/mol. The van der Waals surface area contributed by atoms with Crippen LogP contribution in [0.15, 0.2) is 36.4 Å². The summed E-state index contributed by atoms with van der Waals surface area (Å²) >= 11 is 0. The zero-order chi connectivity index (χ0) is 16.4. The van der Waals surface area contributed by atoms with Gasteiger partial charge >= 0.3 is 0 Å². The van der Waals surface area contributed by atoms with E-state index in [9.17, 15) is 9.59 Å². The highest BCUT2D eigenvalue weighted by atomic mass is 16.7. The van der Waals surface area contributed by atoms with Gasteiger partial charge in [-0.1, -0.05) is 17.2 Å². The van der Waals surface area contributed by atoms with Crippen LogP contribution in [0.3, 0.4) is 0 Å². The topological polar surface area (TPSA) is 76.7 Å². The average Bonchev–Trinajstić information content (AvgIpc) is 2.98. The quantitative estimate of drug-likeness (QED) is 0.833. The maximum Gasteiger partial charge on any atom is 0.269 e. The number of carbonyl (C=O) groups is 2. The van der Waals surface area contributed by atoms with E-state index in [1.165, 1.54) is 0 Å². The van der Waals surface area contributed by atoms with Gasteiger partial charge < -0.3 is 9.47 Å². The fraction of sp³-hybridized carbons (Fsp3) is 0.176. The van der Waals surface area contributed by atoms with E-state index in [1.54, 1.807) is 30.3 Å². The van der Waals surface area contributed by atoms with Gasteiger partial charge in [0.05, 0.1) is 0 Å². The SMILES string of the molecule is Cc1cc(C)cc(C(=O)NNC(=O)c2ccc3c(c2)OCO3)c1. The van der Waals surface area contributed by atoms with Gasteiger partial charge in [-0.05, 0) is 44.2 Å². The first-order valence-corrected chi connectivity index (χ1v) is 7.11. The summed E-state index contributed by atoms with van der Waals surface area (Å²) < 4.78 is 10.4. The molecule has 23 heavy (non-hydrogen) atoms. The molecule has 0 bridgehead atoms. The molecule has 1 heterocycles. The first-order chi connectivity index (χ1) is 11.0. The van der Waals surface area contributed by atoms with Crippen LogP contribution < -0.4 is 20.3 Å². The molecule has 1 aliphatic rings. The maximum atomic E-state index is 12.1. The van der Waals surface area contributed by atoms with Gasteiger partial charge in [0, 0.05) is 11.1 Å². The van der Waals surface area contributed by atoms with E-state index in [0.717, 1.165) is 11.1 Å². The van der Waals surface area contributed by atoms with E-state index in [1.807, 2.05) is 19.9 Å². The predicted octanol–water partition coefficient (Wildman–Crippen LogP) is 2.11. The molecule has 0 spiro atoms. The number of amides is 2. The molecule has 0 atom stereocenters. The molecule has 2 aromatic carbocycles. The number of rotatable bonds is 2. The number of hydrazine groups is 1. The van der Waals surface area contributed by atoms with Crippen molar-refractivity contribution in [2.75, 3.05) is 6.79 Å². The van der Waals surface area contributed by atoms with Crippen molar-refractivity contribution in [3.63, 3.8) is 0 Å². The first-order valence-electron chi connectivity index (χ1n) is 7.11. The molecule has 0 unspecified atom stereocenters. The van der Waals surface area contributed by atoms with Crippen molar-refractivity contribution in [2.45, 2.75) is 13.8 Å². The molecule has 3 rings (SSSR count). The maximum absolute atomic E-state index is 12.1. The molecule has 0 aliphatic carbocycles. The number of benzene rings is 2. The van der Waals surface area contributed by atoms with Crippen molar-refractivity contribution in [3.8, 4) is 11.5 Å². The fourth-order valence-electron chi connectivity index (χ4n) is 2.40.